The molecule has 1 rings (SSSR count). The molecule has 7 nitrogen and oxygen atoms in total. The number of hydrogen-bond donors (Lipinski definition) is 1. The summed E-state index contributed by atoms with van der Waals surface area (Å²) < 4.78 is 38.2. The van der Waals surface area contributed by atoms with Gasteiger partial charge in [0.25, 0.3) is 0 Å². The van der Waals surface area contributed by atoms with E-state index < -0.39 is 43.7 Å². The van der Waals surface area contributed by atoms with Gasteiger partial charge < -0.3 is 5.32 Å². The van der Waals surface area contributed by atoms with Crippen LogP contribution in [0.2, 0.25) is 5.02 Å². The lowest BCUT2D eigenvalue weighted by Crippen LogP contribution is -2.11. The summed E-state index contributed by atoms with van der Waals surface area (Å²) in [6, 6.07) is 2.21. The molecule has 21 heavy (non-hydrogen) atoms. The average molecular weight is 324 g/mol. The summed E-state index contributed by atoms with van der Waals surface area (Å²) in [5.74, 6) is 2.24. The number of nitrogens with zero attached hydrogens (tertiary/aromatic N) is 2. The van der Waals surface area contributed by atoms with Crippen LogP contribution in [-0.4, -0.2) is 9.85 Å². The van der Waals surface area contributed by atoms with Crippen molar-refractivity contribution in [2.75, 3.05) is 5.32 Å². The normalized spacial score (nSPS) is 10.5. The second-order valence-corrected chi connectivity index (χ2v) is 3.87. The molecule has 1 aromatic carbocycles. The molecule has 1 N–H and O–H groups in total. The van der Waals surface area contributed by atoms with Crippen LogP contribution in [0.3, 0.4) is 0 Å². The molecule has 0 atom stereocenters. The van der Waals surface area contributed by atoms with Gasteiger partial charge in [0.05, 0.1) is 15.4 Å². The Morgan fingerprint density at radius 1 is 1.29 bits per heavy atom. The lowest BCUT2D eigenvalue weighted by Gasteiger charge is -2.11. The fourth-order valence-electron chi connectivity index (χ4n) is 1.40. The summed E-state index contributed by atoms with van der Waals surface area (Å²) >= 11 is 5.38. The van der Waals surface area contributed by atoms with Crippen LogP contribution in [0.5, 0.6) is 0 Å². The smallest absolute Gasteiger partial charge is 0.303 e. The van der Waals surface area contributed by atoms with Gasteiger partial charge in [-0.15, -0.1) is 0 Å². The Morgan fingerprint density at radius 2 is 1.86 bits per heavy atom. The number of nitrogens with one attached hydrogen (secondary N) is 1. The largest absolute Gasteiger partial charge is 0.418 e. The Labute approximate surface area is 120 Å². The van der Waals surface area contributed by atoms with Gasteiger partial charge in [-0.1, -0.05) is 17.5 Å². The van der Waals surface area contributed by atoms with Crippen molar-refractivity contribution in [3.8, 4) is 12.0 Å². The third-order valence-corrected chi connectivity index (χ3v) is 2.60. The number of hydrogen-bond acceptors (Lipinski definition) is 5. The number of rotatable bonds is 3. The van der Waals surface area contributed by atoms with Gasteiger partial charge in [-0.2, -0.15) is 13.2 Å². The molecule has 0 amide bonds. The number of anilines is 1. The molecule has 0 radical (unpaired) electrons. The third kappa shape index (κ3) is 3.32. The van der Waals surface area contributed by atoms with Crippen LogP contribution in [0.1, 0.15) is 12.5 Å². The summed E-state index contributed by atoms with van der Waals surface area (Å²) in [5, 5.41) is 22.5. The second-order valence-electron chi connectivity index (χ2n) is 3.49. The van der Waals surface area contributed by atoms with Gasteiger partial charge in [0.2, 0.25) is 5.69 Å². The maximum atomic E-state index is 12.7. The molecule has 0 heterocycles. The van der Waals surface area contributed by atoms with Gasteiger partial charge in [-0.25, -0.2) is 0 Å². The maximum absolute atomic E-state index is 12.7. The summed E-state index contributed by atoms with van der Waals surface area (Å²) in [4.78, 5) is 19.3. The van der Waals surface area contributed by atoms with Gasteiger partial charge in [0.15, 0.2) is 0 Å². The van der Waals surface area contributed by atoms with Crippen molar-refractivity contribution in [3.05, 3.63) is 36.9 Å². The first-order valence-electron chi connectivity index (χ1n) is 5.01. The van der Waals surface area contributed by atoms with Crippen LogP contribution in [0.25, 0.3) is 0 Å². The highest BCUT2D eigenvalue weighted by Gasteiger charge is 2.41. The summed E-state index contributed by atoms with van der Waals surface area (Å²) in [6.07, 6.45) is -5.08. The van der Waals surface area contributed by atoms with Crippen LogP contribution < -0.4 is 5.32 Å². The Morgan fingerprint density at radius 3 is 2.24 bits per heavy atom. The van der Waals surface area contributed by atoms with Crippen LogP contribution in [0, 0.1) is 32.2 Å². The van der Waals surface area contributed by atoms with Gasteiger partial charge in [-0.05, 0) is 6.92 Å². The number of nitro groups is 2. The van der Waals surface area contributed by atoms with Crippen molar-refractivity contribution >= 4 is 28.7 Å². The SMILES string of the molecule is CC#CNc1c([N+](=O)[O-])cc(C(F)(F)F)c(Cl)c1[N+](=O)[O-]. The standard InChI is InChI=1S/C10H5ClF3N3O4/c1-2-3-15-8-6(16(18)19)4-5(10(12,13)14)7(11)9(8)17(20)21/h4,15H,1H3. The van der Waals surface area contributed by atoms with Crippen molar-refractivity contribution in [1.82, 2.24) is 0 Å². The molecule has 1 aromatic rings. The molecule has 0 saturated heterocycles. The minimum atomic E-state index is -5.08. The van der Waals surface area contributed by atoms with Crippen molar-refractivity contribution < 1.29 is 23.0 Å². The highest BCUT2D eigenvalue weighted by atomic mass is 35.5. The maximum Gasteiger partial charge on any atom is 0.418 e. The second kappa shape index (κ2) is 5.84. The lowest BCUT2D eigenvalue weighted by atomic mass is 10.1. The number of alkyl halides is 3. The van der Waals surface area contributed by atoms with E-state index in [1.165, 1.54) is 6.92 Å². The van der Waals surface area contributed by atoms with E-state index in [-0.39, 0.29) is 6.07 Å². The Balaban J connectivity index is 3.84. The zero-order chi connectivity index (χ0) is 16.4. The first-order chi connectivity index (χ1) is 9.61. The van der Waals surface area contributed by atoms with Crippen molar-refractivity contribution in [2.24, 2.45) is 0 Å². The first-order valence-corrected chi connectivity index (χ1v) is 5.39. The van der Waals surface area contributed by atoms with Gasteiger partial charge in [0, 0.05) is 12.1 Å². The molecule has 0 aliphatic rings. The van der Waals surface area contributed by atoms with E-state index in [4.69, 9.17) is 11.6 Å². The molecule has 0 spiro atoms. The molecule has 0 unspecified atom stereocenters. The minimum absolute atomic E-state index is 0.120. The Kier molecular flexibility index (Phi) is 4.59. The van der Waals surface area contributed by atoms with Gasteiger partial charge in [0.1, 0.15) is 5.02 Å². The van der Waals surface area contributed by atoms with Crippen LogP contribution in [0.4, 0.5) is 30.2 Å². The summed E-state index contributed by atoms with van der Waals surface area (Å²) in [7, 11) is 0. The molecular formula is C10H5ClF3N3O4. The van der Waals surface area contributed by atoms with E-state index in [1.54, 1.807) is 0 Å². The Bertz CT molecular complexity index is 679. The van der Waals surface area contributed by atoms with Gasteiger partial charge >= 0.3 is 17.6 Å². The molecule has 0 aliphatic carbocycles. The van der Waals surface area contributed by atoms with E-state index in [0.717, 1.165) is 0 Å². The van der Waals surface area contributed by atoms with Crippen LogP contribution in [-0.2, 0) is 6.18 Å². The molecule has 0 saturated carbocycles. The summed E-state index contributed by atoms with van der Waals surface area (Å²) in [6.45, 7) is 1.32. The van der Waals surface area contributed by atoms with E-state index in [0.29, 0.717) is 0 Å². The fourth-order valence-corrected chi connectivity index (χ4v) is 1.73. The number of nitro benzene ring substituents is 2. The number of benzene rings is 1. The fraction of sp³-hybridized carbons (Fsp3) is 0.200. The highest BCUT2D eigenvalue weighted by molar-refractivity contribution is 6.34. The third-order valence-electron chi connectivity index (χ3n) is 2.22. The molecule has 0 bridgehead atoms. The van der Waals surface area contributed by atoms with Crippen molar-refractivity contribution in [2.45, 2.75) is 13.1 Å². The topological polar surface area (TPSA) is 98.3 Å². The molecule has 0 aromatic heterocycles. The predicted octanol–water partition coefficient (Wildman–Crippen LogP) is 3.57. The predicted molar refractivity (Wildman–Crippen MR) is 66.8 cm³/mol. The summed E-state index contributed by atoms with van der Waals surface area (Å²) in [5.41, 5.74) is -4.89. The molecule has 112 valence electrons. The zero-order valence-electron chi connectivity index (χ0n) is 10.1. The van der Waals surface area contributed by atoms with E-state index in [9.17, 15) is 33.4 Å². The molecule has 0 aliphatic heterocycles. The quantitative estimate of drug-likeness (QED) is 0.397. The van der Waals surface area contributed by atoms with Gasteiger partial charge in [-0.3, -0.25) is 20.2 Å². The molecule has 11 heteroatoms. The number of halogens is 4. The zero-order valence-corrected chi connectivity index (χ0v) is 10.9. The average Bonchev–Trinajstić information content (AvgIpc) is 2.33. The monoisotopic (exact) mass is 323 g/mol. The van der Waals surface area contributed by atoms with E-state index >= 15 is 0 Å². The van der Waals surface area contributed by atoms with E-state index in [1.807, 2.05) is 5.32 Å². The first kappa shape index (κ1) is 16.5. The van der Waals surface area contributed by atoms with Crippen molar-refractivity contribution in [1.29, 1.82) is 0 Å². The lowest BCUT2D eigenvalue weighted by molar-refractivity contribution is -0.392. The van der Waals surface area contributed by atoms with E-state index in [2.05, 4.69) is 12.0 Å². The highest BCUT2D eigenvalue weighted by Crippen LogP contribution is 2.47. The Hall–Kier alpha value is -2.54. The van der Waals surface area contributed by atoms with Crippen molar-refractivity contribution in [3.63, 3.8) is 0 Å². The van der Waals surface area contributed by atoms with Crippen LogP contribution >= 0.6 is 11.6 Å². The molecule has 0 fully saturated rings. The molecular weight excluding hydrogens is 319 g/mol. The minimum Gasteiger partial charge on any atom is -0.303 e. The van der Waals surface area contributed by atoms with Crippen LogP contribution in [0.15, 0.2) is 6.07 Å².